The zero-order chi connectivity index (χ0) is 22.7. The molecule has 0 unspecified atom stereocenters. The number of hydrogen-bond donors (Lipinski definition) is 0. The van der Waals surface area contributed by atoms with Gasteiger partial charge in [0.1, 0.15) is 11.3 Å². The van der Waals surface area contributed by atoms with Crippen molar-refractivity contribution in [1.82, 2.24) is 9.88 Å². The number of unbranched alkanes of at least 4 members (excludes halogenated alkanes) is 1. The maximum Gasteiger partial charge on any atom is 0.253 e. The number of para-hydroxylation sites is 1. The molecule has 0 bridgehead atoms. The molecule has 0 N–H and O–H groups in total. The molecule has 0 saturated carbocycles. The first-order chi connectivity index (χ1) is 15.4. The maximum atomic E-state index is 12.9. The fourth-order valence-corrected chi connectivity index (χ4v) is 5.60. The summed E-state index contributed by atoms with van der Waals surface area (Å²) in [7, 11) is -3.34. The second kappa shape index (κ2) is 9.46. The second-order valence-corrected chi connectivity index (χ2v) is 10.9. The van der Waals surface area contributed by atoms with Crippen LogP contribution >= 0.6 is 11.3 Å². The fraction of sp³-hybridized carbons (Fsp3) is 0.391. The van der Waals surface area contributed by atoms with E-state index < -0.39 is 9.84 Å². The highest BCUT2D eigenvalue weighted by molar-refractivity contribution is 7.91. The molecule has 1 aliphatic rings. The van der Waals surface area contributed by atoms with Gasteiger partial charge in [0, 0.05) is 38.0 Å². The summed E-state index contributed by atoms with van der Waals surface area (Å²) in [4.78, 5) is 21.7. The Morgan fingerprint density at radius 3 is 2.47 bits per heavy atom. The number of hydrogen-bond acceptors (Lipinski definition) is 7. The minimum Gasteiger partial charge on any atom is -0.494 e. The van der Waals surface area contributed by atoms with Crippen molar-refractivity contribution in [3.63, 3.8) is 0 Å². The minimum absolute atomic E-state index is 0.00780. The predicted molar refractivity (Wildman–Crippen MR) is 128 cm³/mol. The Morgan fingerprint density at radius 2 is 1.81 bits per heavy atom. The van der Waals surface area contributed by atoms with Crippen molar-refractivity contribution >= 4 is 42.4 Å². The molecule has 9 heteroatoms. The summed E-state index contributed by atoms with van der Waals surface area (Å²) in [5, 5.41) is 0.789. The number of fused-ring (bicyclic) bond motifs is 1. The molecule has 3 aromatic rings. The van der Waals surface area contributed by atoms with Crippen molar-refractivity contribution < 1.29 is 17.9 Å². The molecule has 0 radical (unpaired) electrons. The number of aromatic nitrogens is 1. The summed E-state index contributed by atoms with van der Waals surface area (Å²) in [5.41, 5.74) is 1.17. The zero-order valence-electron chi connectivity index (χ0n) is 18.3. The van der Waals surface area contributed by atoms with E-state index in [2.05, 4.69) is 16.8 Å². The van der Waals surface area contributed by atoms with Crippen LogP contribution in [0.3, 0.4) is 0 Å². The van der Waals surface area contributed by atoms with Crippen molar-refractivity contribution in [2.75, 3.05) is 43.9 Å². The van der Waals surface area contributed by atoms with Crippen LogP contribution in [-0.2, 0) is 9.84 Å². The first-order valence-corrected chi connectivity index (χ1v) is 13.4. The highest BCUT2D eigenvalue weighted by Gasteiger charge is 2.25. The van der Waals surface area contributed by atoms with Crippen molar-refractivity contribution in [2.45, 2.75) is 24.7 Å². The van der Waals surface area contributed by atoms with Gasteiger partial charge in [0.05, 0.1) is 16.2 Å². The number of ether oxygens (including phenoxy) is 1. The molecule has 32 heavy (non-hydrogen) atoms. The lowest BCUT2D eigenvalue weighted by atomic mass is 10.1. The van der Waals surface area contributed by atoms with E-state index in [1.807, 2.05) is 35.2 Å². The van der Waals surface area contributed by atoms with E-state index >= 15 is 0 Å². The lowest BCUT2D eigenvalue weighted by molar-refractivity contribution is 0.0746. The number of anilines is 1. The second-order valence-electron chi connectivity index (χ2n) is 7.88. The van der Waals surface area contributed by atoms with E-state index in [0.717, 1.165) is 28.4 Å². The molecule has 2 aromatic carbocycles. The molecule has 4 rings (SSSR count). The summed E-state index contributed by atoms with van der Waals surface area (Å²) < 4.78 is 30.7. The molecular weight excluding hydrogens is 446 g/mol. The smallest absolute Gasteiger partial charge is 0.253 e. The highest BCUT2D eigenvalue weighted by atomic mass is 32.2. The molecule has 1 saturated heterocycles. The van der Waals surface area contributed by atoms with Crippen LogP contribution < -0.4 is 9.64 Å². The van der Waals surface area contributed by atoms with Crippen LogP contribution in [0.2, 0.25) is 0 Å². The van der Waals surface area contributed by atoms with Crippen molar-refractivity contribution in [3.05, 3.63) is 48.0 Å². The van der Waals surface area contributed by atoms with E-state index in [4.69, 9.17) is 4.74 Å². The lowest BCUT2D eigenvalue weighted by Gasteiger charge is -2.34. The van der Waals surface area contributed by atoms with Gasteiger partial charge in [-0.2, -0.15) is 0 Å². The van der Waals surface area contributed by atoms with Gasteiger partial charge in [-0.3, -0.25) is 4.79 Å². The number of thiazole rings is 1. The highest BCUT2D eigenvalue weighted by Crippen LogP contribution is 2.33. The fourth-order valence-electron chi connectivity index (χ4n) is 3.66. The monoisotopic (exact) mass is 473 g/mol. The zero-order valence-corrected chi connectivity index (χ0v) is 19.9. The Balaban J connectivity index is 1.40. The van der Waals surface area contributed by atoms with E-state index in [-0.39, 0.29) is 10.8 Å². The number of amides is 1. The number of carbonyl (C=O) groups excluding carboxylic acids is 1. The molecule has 1 aliphatic heterocycles. The molecule has 1 aromatic heterocycles. The van der Waals surface area contributed by atoms with Gasteiger partial charge in [-0.15, -0.1) is 0 Å². The Bertz CT molecular complexity index is 1200. The third-order valence-corrected chi connectivity index (χ3v) is 7.69. The topological polar surface area (TPSA) is 79.8 Å². The Hall–Kier alpha value is -2.65. The number of rotatable bonds is 7. The standard InChI is InChI=1S/C23H27N3O4S2/c1-3-4-16-30-18-10-8-17(9-11-18)22(27)25-12-14-26(15-13-25)23-24-21-19(31-23)6-5-7-20(21)32(2,28)29/h5-11H,3-4,12-16H2,1-2H3. The molecule has 0 spiro atoms. The number of benzene rings is 2. The summed E-state index contributed by atoms with van der Waals surface area (Å²) in [6.45, 7) is 5.28. The van der Waals surface area contributed by atoms with Crippen molar-refractivity contribution in [1.29, 1.82) is 0 Å². The Kier molecular flexibility index (Phi) is 6.66. The first-order valence-electron chi connectivity index (χ1n) is 10.7. The number of carbonyl (C=O) groups is 1. The normalized spacial score (nSPS) is 14.7. The van der Waals surface area contributed by atoms with E-state index in [1.165, 1.54) is 17.6 Å². The molecular formula is C23H27N3O4S2. The van der Waals surface area contributed by atoms with Crippen LogP contribution in [0.15, 0.2) is 47.4 Å². The van der Waals surface area contributed by atoms with Crippen LogP contribution in [0.4, 0.5) is 5.13 Å². The van der Waals surface area contributed by atoms with E-state index in [0.29, 0.717) is 43.9 Å². The number of sulfone groups is 1. The largest absolute Gasteiger partial charge is 0.494 e. The minimum atomic E-state index is -3.34. The molecule has 0 atom stereocenters. The van der Waals surface area contributed by atoms with Crippen molar-refractivity contribution in [3.8, 4) is 5.75 Å². The van der Waals surface area contributed by atoms with Crippen LogP contribution in [-0.4, -0.2) is 63.3 Å². The molecule has 7 nitrogen and oxygen atoms in total. The van der Waals surface area contributed by atoms with Crippen LogP contribution in [0, 0.1) is 0 Å². The van der Waals surface area contributed by atoms with Crippen LogP contribution in [0.1, 0.15) is 30.1 Å². The molecule has 1 fully saturated rings. The molecule has 1 amide bonds. The third-order valence-electron chi connectivity index (χ3n) is 5.48. The average molecular weight is 474 g/mol. The molecule has 0 aliphatic carbocycles. The predicted octanol–water partition coefficient (Wildman–Crippen LogP) is 3.84. The average Bonchev–Trinajstić information content (AvgIpc) is 3.23. The van der Waals surface area contributed by atoms with Gasteiger partial charge in [0.25, 0.3) is 5.91 Å². The SMILES string of the molecule is CCCCOc1ccc(C(=O)N2CCN(c3nc4c(S(C)(=O)=O)cccc4s3)CC2)cc1. The Labute approximate surface area is 192 Å². The van der Waals surface area contributed by atoms with Crippen LogP contribution in [0.5, 0.6) is 5.75 Å². The van der Waals surface area contributed by atoms with E-state index in [9.17, 15) is 13.2 Å². The van der Waals surface area contributed by atoms with Gasteiger partial charge in [-0.05, 0) is 42.8 Å². The maximum absolute atomic E-state index is 12.9. The quantitative estimate of drug-likeness (QED) is 0.485. The lowest BCUT2D eigenvalue weighted by Crippen LogP contribution is -2.48. The van der Waals surface area contributed by atoms with Gasteiger partial charge in [0.2, 0.25) is 0 Å². The van der Waals surface area contributed by atoms with Gasteiger partial charge in [-0.1, -0.05) is 30.7 Å². The summed E-state index contributed by atoms with van der Waals surface area (Å²) in [6.07, 6.45) is 3.29. The first kappa shape index (κ1) is 22.5. The summed E-state index contributed by atoms with van der Waals surface area (Å²) >= 11 is 1.48. The number of nitrogens with zero attached hydrogens (tertiary/aromatic N) is 3. The number of piperazine rings is 1. The van der Waals surface area contributed by atoms with Gasteiger partial charge in [-0.25, -0.2) is 13.4 Å². The van der Waals surface area contributed by atoms with Crippen molar-refractivity contribution in [2.24, 2.45) is 0 Å². The summed E-state index contributed by atoms with van der Waals surface area (Å²) in [6, 6.07) is 12.6. The third kappa shape index (κ3) is 4.88. The molecule has 170 valence electrons. The van der Waals surface area contributed by atoms with E-state index in [1.54, 1.807) is 12.1 Å². The van der Waals surface area contributed by atoms with Gasteiger partial charge < -0.3 is 14.5 Å². The Morgan fingerprint density at radius 1 is 1.09 bits per heavy atom. The van der Waals surface area contributed by atoms with Gasteiger partial charge in [0.15, 0.2) is 15.0 Å². The van der Waals surface area contributed by atoms with Crippen LogP contribution in [0.25, 0.3) is 10.2 Å². The van der Waals surface area contributed by atoms with Gasteiger partial charge >= 0.3 is 0 Å². The summed E-state index contributed by atoms with van der Waals surface area (Å²) in [5.74, 6) is 0.789. The molecule has 2 heterocycles.